The van der Waals surface area contributed by atoms with Crippen LogP contribution in [0.4, 0.5) is 23.2 Å². The molecule has 31 heavy (non-hydrogen) atoms. The van der Waals surface area contributed by atoms with Crippen LogP contribution in [0.15, 0.2) is 48.9 Å². The van der Waals surface area contributed by atoms with E-state index in [2.05, 4.69) is 4.98 Å². The number of alkyl halides is 3. The molecule has 2 heterocycles. The topological polar surface area (TPSA) is 105 Å². The van der Waals surface area contributed by atoms with Gasteiger partial charge in [-0.3, -0.25) is 4.79 Å². The average Bonchev–Trinajstić information content (AvgIpc) is 3.25. The van der Waals surface area contributed by atoms with Gasteiger partial charge in [-0.2, -0.15) is 21.6 Å². The third kappa shape index (κ3) is 3.56. The molecule has 0 saturated carbocycles. The second-order valence-electron chi connectivity index (χ2n) is 6.51. The van der Waals surface area contributed by atoms with Crippen LogP contribution in [-0.4, -0.2) is 35.5 Å². The first-order chi connectivity index (χ1) is 14.5. The van der Waals surface area contributed by atoms with Crippen molar-refractivity contribution in [1.29, 1.82) is 0 Å². The minimum atomic E-state index is -4.64. The quantitative estimate of drug-likeness (QED) is 0.590. The number of para-hydroxylation sites is 1. The zero-order valence-corrected chi connectivity index (χ0v) is 16.1. The summed E-state index contributed by atoms with van der Waals surface area (Å²) < 4.78 is 82.2. The Balaban J connectivity index is 1.81. The van der Waals surface area contributed by atoms with E-state index in [1.807, 2.05) is 0 Å². The molecule has 4 rings (SSSR count). The smallest absolute Gasteiger partial charge is 0.418 e. The fourth-order valence-electron chi connectivity index (χ4n) is 3.17. The molecule has 1 fully saturated rings. The first kappa shape index (κ1) is 20.7. The Morgan fingerprint density at radius 3 is 2.48 bits per heavy atom. The van der Waals surface area contributed by atoms with Crippen LogP contribution in [0.2, 0.25) is 0 Å². The number of hydrogen-bond acceptors (Lipinski definition) is 5. The Hall–Kier alpha value is -3.61. The number of phenolic OH excluding ortho intramolecular Hbond substituents is 1. The van der Waals surface area contributed by atoms with Crippen molar-refractivity contribution < 1.29 is 35.9 Å². The van der Waals surface area contributed by atoms with Crippen LogP contribution < -0.4 is 9.03 Å². The highest BCUT2D eigenvalue weighted by Crippen LogP contribution is 2.39. The second kappa shape index (κ2) is 6.97. The lowest BCUT2D eigenvalue weighted by molar-refractivity contribution is -0.137. The second-order valence-corrected chi connectivity index (χ2v) is 8.11. The summed E-state index contributed by atoms with van der Waals surface area (Å²) in [5.41, 5.74) is -2.36. The van der Waals surface area contributed by atoms with Crippen LogP contribution in [0.1, 0.15) is 5.56 Å². The normalized spacial score (nSPS) is 15.9. The molecule has 0 spiro atoms. The van der Waals surface area contributed by atoms with E-state index in [4.69, 9.17) is 0 Å². The molecule has 1 amide bonds. The van der Waals surface area contributed by atoms with Gasteiger partial charge in [-0.05, 0) is 24.3 Å². The average molecular weight is 456 g/mol. The molecular formula is C18H12F4N4O4S. The number of hydrogen-bond donors (Lipinski definition) is 2. The number of aromatic nitrogens is 2. The first-order valence-corrected chi connectivity index (χ1v) is 9.99. The van der Waals surface area contributed by atoms with E-state index in [1.165, 1.54) is 18.2 Å². The zero-order chi connectivity index (χ0) is 22.6. The van der Waals surface area contributed by atoms with Gasteiger partial charge in [-0.15, -0.1) is 0 Å². The van der Waals surface area contributed by atoms with E-state index in [0.717, 1.165) is 35.3 Å². The Morgan fingerprint density at radius 2 is 1.84 bits per heavy atom. The predicted octanol–water partition coefficient (Wildman–Crippen LogP) is 2.58. The van der Waals surface area contributed by atoms with Crippen molar-refractivity contribution in [1.82, 2.24) is 14.3 Å². The number of rotatable bonds is 3. The maximum Gasteiger partial charge on any atom is 0.418 e. The third-order valence-electron chi connectivity index (χ3n) is 4.51. The molecule has 2 N–H and O–H groups in total. The Bertz CT molecular complexity index is 1300. The SMILES string of the molecule is O=C1CN(c2c(O)ccc(-c3cn(-c4ccccc4C(F)(F)F)cn3)c2F)S(=O)(=O)N1. The summed E-state index contributed by atoms with van der Waals surface area (Å²) in [4.78, 5) is 15.4. The van der Waals surface area contributed by atoms with Crippen LogP contribution >= 0.6 is 0 Å². The molecule has 3 aromatic rings. The molecule has 1 saturated heterocycles. The van der Waals surface area contributed by atoms with Gasteiger partial charge in [0.25, 0.3) is 5.91 Å². The largest absolute Gasteiger partial charge is 0.506 e. The predicted molar refractivity (Wildman–Crippen MR) is 100 cm³/mol. The lowest BCUT2D eigenvalue weighted by atomic mass is 10.1. The Labute approximate surface area is 172 Å². The molecule has 1 aliphatic rings. The molecule has 0 atom stereocenters. The molecule has 0 bridgehead atoms. The van der Waals surface area contributed by atoms with Crippen molar-refractivity contribution in [2.24, 2.45) is 0 Å². The van der Waals surface area contributed by atoms with Gasteiger partial charge in [-0.1, -0.05) is 12.1 Å². The summed E-state index contributed by atoms with van der Waals surface area (Å²) in [7, 11) is -4.41. The molecule has 1 aliphatic heterocycles. The fraction of sp³-hybridized carbons (Fsp3) is 0.111. The zero-order valence-electron chi connectivity index (χ0n) is 15.3. The van der Waals surface area contributed by atoms with Crippen LogP contribution in [0.25, 0.3) is 16.9 Å². The van der Waals surface area contributed by atoms with Crippen molar-refractivity contribution in [2.75, 3.05) is 10.8 Å². The number of anilines is 1. The van der Waals surface area contributed by atoms with Gasteiger partial charge in [0.2, 0.25) is 0 Å². The van der Waals surface area contributed by atoms with Crippen LogP contribution in [0, 0.1) is 5.82 Å². The summed E-state index contributed by atoms with van der Waals surface area (Å²) in [5, 5.41) is 10.0. The monoisotopic (exact) mass is 456 g/mol. The third-order valence-corrected chi connectivity index (χ3v) is 5.89. The lowest BCUT2D eigenvalue weighted by Crippen LogP contribution is -2.30. The highest BCUT2D eigenvalue weighted by molar-refractivity contribution is 7.92. The van der Waals surface area contributed by atoms with E-state index < -0.39 is 51.7 Å². The minimum Gasteiger partial charge on any atom is -0.506 e. The number of benzene rings is 2. The van der Waals surface area contributed by atoms with Crippen molar-refractivity contribution in [3.05, 3.63) is 60.3 Å². The van der Waals surface area contributed by atoms with Gasteiger partial charge in [-0.25, -0.2) is 18.4 Å². The molecule has 13 heteroatoms. The van der Waals surface area contributed by atoms with Crippen molar-refractivity contribution in [2.45, 2.75) is 6.18 Å². The van der Waals surface area contributed by atoms with E-state index in [1.54, 1.807) is 4.72 Å². The highest BCUT2D eigenvalue weighted by atomic mass is 32.2. The molecule has 0 aliphatic carbocycles. The number of amides is 1. The number of halogens is 4. The molecule has 8 nitrogen and oxygen atoms in total. The standard InChI is InChI=1S/C18H12F4N4O4S/c19-16-10(5-6-14(27)17(16)26-8-15(28)24-31(26,29)30)12-7-25(9-23-12)13-4-2-1-3-11(13)18(20,21)22/h1-7,9,27H,8H2,(H,24,28). The van der Waals surface area contributed by atoms with Crippen LogP contribution in [-0.2, 0) is 21.2 Å². The van der Waals surface area contributed by atoms with Gasteiger partial charge in [0.05, 0.1) is 23.3 Å². The number of nitrogens with zero attached hydrogens (tertiary/aromatic N) is 3. The Morgan fingerprint density at radius 1 is 1.13 bits per heavy atom. The maximum atomic E-state index is 15.2. The first-order valence-electron chi connectivity index (χ1n) is 8.55. The van der Waals surface area contributed by atoms with Gasteiger partial charge in [0.1, 0.15) is 18.0 Å². The number of phenols is 1. The summed E-state index contributed by atoms with van der Waals surface area (Å²) in [6.45, 7) is -0.746. The Kier molecular flexibility index (Phi) is 4.65. The number of carbonyl (C=O) groups is 1. The highest BCUT2D eigenvalue weighted by Gasteiger charge is 2.38. The lowest BCUT2D eigenvalue weighted by Gasteiger charge is -2.18. The van der Waals surface area contributed by atoms with Crippen molar-refractivity contribution >= 4 is 21.8 Å². The summed E-state index contributed by atoms with van der Waals surface area (Å²) in [6.07, 6.45) is -2.46. The molecule has 0 radical (unpaired) electrons. The van der Waals surface area contributed by atoms with Gasteiger partial charge < -0.3 is 9.67 Å². The molecule has 1 aromatic heterocycles. The van der Waals surface area contributed by atoms with Crippen molar-refractivity contribution in [3.63, 3.8) is 0 Å². The van der Waals surface area contributed by atoms with E-state index in [-0.39, 0.29) is 16.9 Å². The maximum absolute atomic E-state index is 15.2. The van der Waals surface area contributed by atoms with Gasteiger partial charge >= 0.3 is 16.4 Å². The summed E-state index contributed by atoms with van der Waals surface area (Å²) in [6, 6.07) is 6.80. The van der Waals surface area contributed by atoms with E-state index in [9.17, 15) is 31.5 Å². The van der Waals surface area contributed by atoms with E-state index >= 15 is 4.39 Å². The number of nitrogens with one attached hydrogen (secondary N) is 1. The molecule has 162 valence electrons. The van der Waals surface area contributed by atoms with Crippen LogP contribution in [0.3, 0.4) is 0 Å². The molecule has 0 unspecified atom stereocenters. The fourth-order valence-corrected chi connectivity index (χ4v) is 4.33. The van der Waals surface area contributed by atoms with Crippen LogP contribution in [0.5, 0.6) is 5.75 Å². The number of aromatic hydroxyl groups is 1. The van der Waals surface area contributed by atoms with Gasteiger partial charge in [0.15, 0.2) is 5.82 Å². The molecular weight excluding hydrogens is 444 g/mol. The minimum absolute atomic E-state index is 0.119. The van der Waals surface area contributed by atoms with E-state index in [0.29, 0.717) is 4.31 Å². The van der Waals surface area contributed by atoms with Gasteiger partial charge in [0, 0.05) is 11.8 Å². The van der Waals surface area contributed by atoms with Crippen molar-refractivity contribution in [3.8, 4) is 22.7 Å². The number of imidazole rings is 1. The molecule has 2 aromatic carbocycles. The summed E-state index contributed by atoms with van der Waals surface area (Å²) in [5.74, 6) is -2.88. The number of carbonyl (C=O) groups excluding carboxylic acids is 1. The summed E-state index contributed by atoms with van der Waals surface area (Å²) >= 11 is 0.